The molecular weight excluding hydrogens is 308 g/mol. The number of carbonyl (C=O) groups is 1. The fourth-order valence-electron chi connectivity index (χ4n) is 3.19. The van der Waals surface area contributed by atoms with E-state index in [4.69, 9.17) is 14.2 Å². The van der Waals surface area contributed by atoms with Crippen molar-refractivity contribution >= 4 is 5.91 Å². The Hall–Kier alpha value is -1.95. The zero-order valence-electron chi connectivity index (χ0n) is 14.3. The minimum absolute atomic E-state index is 0.111. The topological polar surface area (TPSA) is 60.0 Å². The van der Waals surface area contributed by atoms with Gasteiger partial charge in [-0.3, -0.25) is 4.79 Å². The van der Waals surface area contributed by atoms with Crippen LogP contribution in [0.25, 0.3) is 0 Å². The van der Waals surface area contributed by atoms with Crippen molar-refractivity contribution in [3.63, 3.8) is 0 Å². The van der Waals surface area contributed by atoms with Crippen molar-refractivity contribution in [2.45, 2.75) is 25.7 Å². The van der Waals surface area contributed by atoms with Gasteiger partial charge in [-0.1, -0.05) is 12.8 Å². The van der Waals surface area contributed by atoms with E-state index in [0.717, 1.165) is 19.6 Å². The highest BCUT2D eigenvalue weighted by molar-refractivity contribution is 5.95. The van der Waals surface area contributed by atoms with Gasteiger partial charge >= 0.3 is 0 Å². The molecule has 132 valence electrons. The van der Waals surface area contributed by atoms with Gasteiger partial charge in [0.2, 0.25) is 5.75 Å². The van der Waals surface area contributed by atoms with Gasteiger partial charge in [0.05, 0.1) is 7.11 Å². The summed E-state index contributed by atoms with van der Waals surface area (Å²) in [5.74, 6) is 1.56. The van der Waals surface area contributed by atoms with E-state index >= 15 is 0 Å². The largest absolute Gasteiger partial charge is 0.493 e. The van der Waals surface area contributed by atoms with E-state index in [9.17, 15) is 4.79 Å². The number of nitrogens with one attached hydrogen (secondary N) is 1. The fraction of sp³-hybridized carbons (Fsp3) is 0.611. The summed E-state index contributed by atoms with van der Waals surface area (Å²) in [6.07, 6.45) is 5.15. The van der Waals surface area contributed by atoms with Crippen molar-refractivity contribution in [2.75, 3.05) is 46.5 Å². The van der Waals surface area contributed by atoms with Gasteiger partial charge in [-0.25, -0.2) is 0 Å². The molecule has 0 saturated carbocycles. The van der Waals surface area contributed by atoms with Gasteiger partial charge in [0.15, 0.2) is 11.5 Å². The first kappa shape index (κ1) is 16.9. The van der Waals surface area contributed by atoms with Gasteiger partial charge < -0.3 is 24.4 Å². The Morgan fingerprint density at radius 1 is 1.17 bits per heavy atom. The number of benzene rings is 1. The van der Waals surface area contributed by atoms with Gasteiger partial charge in [0.25, 0.3) is 5.91 Å². The number of fused-ring (bicyclic) bond motifs is 1. The Morgan fingerprint density at radius 2 is 1.92 bits per heavy atom. The van der Waals surface area contributed by atoms with Gasteiger partial charge in [0, 0.05) is 18.7 Å². The van der Waals surface area contributed by atoms with Crippen molar-refractivity contribution < 1.29 is 19.0 Å². The maximum absolute atomic E-state index is 12.4. The summed E-state index contributed by atoms with van der Waals surface area (Å²) in [4.78, 5) is 14.9. The van der Waals surface area contributed by atoms with Gasteiger partial charge in [-0.2, -0.15) is 0 Å². The molecule has 2 aliphatic heterocycles. The van der Waals surface area contributed by atoms with Crippen LogP contribution in [0.5, 0.6) is 17.2 Å². The van der Waals surface area contributed by atoms with E-state index in [2.05, 4.69) is 10.2 Å². The Bertz CT molecular complexity index is 551. The number of hydrogen-bond donors (Lipinski definition) is 1. The lowest BCUT2D eigenvalue weighted by Crippen LogP contribution is -2.35. The molecule has 6 heteroatoms. The lowest BCUT2D eigenvalue weighted by Gasteiger charge is -2.22. The van der Waals surface area contributed by atoms with Crippen LogP contribution in [0.1, 0.15) is 36.0 Å². The van der Waals surface area contributed by atoms with Gasteiger partial charge in [0.1, 0.15) is 13.2 Å². The van der Waals surface area contributed by atoms with E-state index in [0.29, 0.717) is 42.6 Å². The van der Waals surface area contributed by atoms with Gasteiger partial charge in [-0.05, 0) is 38.1 Å². The third-order valence-corrected chi connectivity index (χ3v) is 4.50. The number of methoxy groups -OCH3 is 1. The van der Waals surface area contributed by atoms with E-state index in [1.807, 2.05) is 0 Å². The molecule has 1 amide bonds. The number of amides is 1. The lowest BCUT2D eigenvalue weighted by molar-refractivity contribution is 0.0946. The fourth-order valence-corrected chi connectivity index (χ4v) is 3.19. The molecule has 0 unspecified atom stereocenters. The van der Waals surface area contributed by atoms with Crippen molar-refractivity contribution in [1.82, 2.24) is 10.2 Å². The molecule has 1 aromatic carbocycles. The molecule has 2 aliphatic rings. The Balaban J connectivity index is 1.58. The highest BCUT2D eigenvalue weighted by Crippen LogP contribution is 2.40. The van der Waals surface area contributed by atoms with Crippen molar-refractivity contribution in [3.05, 3.63) is 17.7 Å². The third kappa shape index (κ3) is 4.12. The summed E-state index contributed by atoms with van der Waals surface area (Å²) < 4.78 is 16.5. The second kappa shape index (κ2) is 8.24. The molecule has 2 heterocycles. The highest BCUT2D eigenvalue weighted by Gasteiger charge is 2.21. The standard InChI is InChI=1S/C18H26N2O4/c1-22-15-12-14(13-16-17(15)24-11-10-23-16)18(21)19-6-9-20-7-4-2-3-5-8-20/h12-13H,2-11H2,1H3,(H,19,21). The predicted octanol–water partition coefficient (Wildman–Crippen LogP) is 2.07. The number of rotatable bonds is 5. The molecule has 24 heavy (non-hydrogen) atoms. The molecular formula is C18H26N2O4. The lowest BCUT2D eigenvalue weighted by atomic mass is 10.1. The second-order valence-corrected chi connectivity index (χ2v) is 6.21. The zero-order valence-corrected chi connectivity index (χ0v) is 14.3. The van der Waals surface area contributed by atoms with Crippen LogP contribution >= 0.6 is 0 Å². The average Bonchev–Trinajstić information content (AvgIpc) is 2.89. The number of nitrogens with zero attached hydrogens (tertiary/aromatic N) is 1. The summed E-state index contributed by atoms with van der Waals surface area (Å²) in [6, 6.07) is 3.42. The summed E-state index contributed by atoms with van der Waals surface area (Å²) in [7, 11) is 1.56. The van der Waals surface area contributed by atoms with Gasteiger partial charge in [-0.15, -0.1) is 0 Å². The predicted molar refractivity (Wildman–Crippen MR) is 91.2 cm³/mol. The molecule has 0 bridgehead atoms. The van der Waals surface area contributed by atoms with Crippen LogP contribution in [-0.2, 0) is 0 Å². The van der Waals surface area contributed by atoms with E-state index in [1.54, 1.807) is 19.2 Å². The summed E-state index contributed by atoms with van der Waals surface area (Å²) in [5, 5.41) is 2.99. The smallest absolute Gasteiger partial charge is 0.251 e. The highest BCUT2D eigenvalue weighted by atomic mass is 16.6. The Morgan fingerprint density at radius 3 is 2.67 bits per heavy atom. The quantitative estimate of drug-likeness (QED) is 0.893. The van der Waals surface area contributed by atoms with Crippen LogP contribution in [0.15, 0.2) is 12.1 Å². The molecule has 3 rings (SSSR count). The first-order chi connectivity index (χ1) is 11.8. The molecule has 6 nitrogen and oxygen atoms in total. The summed E-state index contributed by atoms with van der Waals surface area (Å²) >= 11 is 0. The van der Waals surface area contributed by atoms with Crippen molar-refractivity contribution in [3.8, 4) is 17.2 Å². The first-order valence-corrected chi connectivity index (χ1v) is 8.76. The van der Waals surface area contributed by atoms with Crippen LogP contribution in [0.3, 0.4) is 0 Å². The maximum atomic E-state index is 12.4. The van der Waals surface area contributed by atoms with E-state index < -0.39 is 0 Å². The van der Waals surface area contributed by atoms with E-state index in [1.165, 1.54) is 25.7 Å². The first-order valence-electron chi connectivity index (χ1n) is 8.76. The van der Waals surface area contributed by atoms with Crippen LogP contribution in [-0.4, -0.2) is 57.3 Å². The van der Waals surface area contributed by atoms with Crippen LogP contribution in [0.2, 0.25) is 0 Å². The van der Waals surface area contributed by atoms with Crippen LogP contribution in [0.4, 0.5) is 0 Å². The minimum atomic E-state index is -0.111. The van der Waals surface area contributed by atoms with E-state index in [-0.39, 0.29) is 5.91 Å². The Kier molecular flexibility index (Phi) is 5.80. The number of carbonyl (C=O) groups excluding carboxylic acids is 1. The Labute approximate surface area is 143 Å². The molecule has 0 radical (unpaired) electrons. The monoisotopic (exact) mass is 334 g/mol. The number of likely N-dealkylation sites (tertiary alicyclic amines) is 1. The molecule has 1 saturated heterocycles. The molecule has 0 aromatic heterocycles. The number of ether oxygens (including phenoxy) is 3. The average molecular weight is 334 g/mol. The minimum Gasteiger partial charge on any atom is -0.493 e. The number of hydrogen-bond acceptors (Lipinski definition) is 5. The third-order valence-electron chi connectivity index (χ3n) is 4.50. The second-order valence-electron chi connectivity index (χ2n) is 6.21. The summed E-state index contributed by atoms with van der Waals surface area (Å²) in [6.45, 7) is 4.78. The maximum Gasteiger partial charge on any atom is 0.251 e. The SMILES string of the molecule is COc1cc(C(=O)NCCN2CCCCCC2)cc2c1OCCO2. The molecule has 0 spiro atoms. The van der Waals surface area contributed by atoms with Crippen molar-refractivity contribution in [1.29, 1.82) is 0 Å². The van der Waals surface area contributed by atoms with Crippen LogP contribution < -0.4 is 19.5 Å². The molecule has 1 N–H and O–H groups in total. The molecule has 1 fully saturated rings. The molecule has 0 aliphatic carbocycles. The zero-order chi connectivity index (χ0) is 16.8. The van der Waals surface area contributed by atoms with Crippen molar-refractivity contribution in [2.24, 2.45) is 0 Å². The molecule has 1 aromatic rings. The normalized spacial score (nSPS) is 17.9. The summed E-state index contributed by atoms with van der Waals surface area (Å²) in [5.41, 5.74) is 0.534. The molecule has 0 atom stereocenters. The van der Waals surface area contributed by atoms with Crippen LogP contribution in [0, 0.1) is 0 Å².